The van der Waals surface area contributed by atoms with Gasteiger partial charge in [0.2, 0.25) is 5.91 Å². The van der Waals surface area contributed by atoms with Crippen molar-refractivity contribution >= 4 is 17.1 Å². The molecule has 1 amide bonds. The van der Waals surface area contributed by atoms with Gasteiger partial charge in [0.1, 0.15) is 5.82 Å². The van der Waals surface area contributed by atoms with Crippen LogP contribution in [0.15, 0.2) is 29.1 Å². The molecule has 8 nitrogen and oxygen atoms in total. The van der Waals surface area contributed by atoms with Gasteiger partial charge >= 0.3 is 0 Å². The number of carbonyl (C=O) groups excluding carboxylic acids is 1. The number of nitrogens with zero attached hydrogens (tertiary/aromatic N) is 5. The van der Waals surface area contributed by atoms with Crippen molar-refractivity contribution in [1.82, 2.24) is 29.9 Å². The number of aromatic amines is 1. The fourth-order valence-electron chi connectivity index (χ4n) is 4.35. The molecule has 2 aromatic heterocycles. The van der Waals surface area contributed by atoms with Crippen LogP contribution in [0.1, 0.15) is 82.7 Å². The summed E-state index contributed by atoms with van der Waals surface area (Å²) < 4.78 is 1.70. The summed E-state index contributed by atoms with van der Waals surface area (Å²) in [6.07, 6.45) is 4.16. The predicted molar refractivity (Wildman–Crippen MR) is 128 cm³/mol. The number of aromatic nitrogens is 5. The summed E-state index contributed by atoms with van der Waals surface area (Å²) in [5.41, 5.74) is 2.96. The molecule has 0 spiro atoms. The molecular formula is C25H34N6O2. The topological polar surface area (TPSA) is 96.8 Å². The Morgan fingerprint density at radius 3 is 2.48 bits per heavy atom. The van der Waals surface area contributed by atoms with Crippen molar-refractivity contribution in [1.29, 1.82) is 0 Å². The summed E-state index contributed by atoms with van der Waals surface area (Å²) in [7, 11) is 0. The van der Waals surface area contributed by atoms with E-state index in [9.17, 15) is 9.59 Å². The molecule has 176 valence electrons. The van der Waals surface area contributed by atoms with Crippen molar-refractivity contribution in [2.45, 2.75) is 77.7 Å². The van der Waals surface area contributed by atoms with Gasteiger partial charge in [0.25, 0.3) is 5.56 Å². The highest BCUT2D eigenvalue weighted by Gasteiger charge is 2.26. The van der Waals surface area contributed by atoms with Gasteiger partial charge < -0.3 is 9.88 Å². The molecule has 1 N–H and O–H groups in total. The first-order valence-electron chi connectivity index (χ1n) is 12.0. The molecule has 3 aromatic rings. The Hall–Kier alpha value is -3.03. The van der Waals surface area contributed by atoms with Crippen LogP contribution < -0.4 is 5.56 Å². The molecule has 0 saturated carbocycles. The maximum atomic E-state index is 12.7. The molecule has 1 aliphatic rings. The Kier molecular flexibility index (Phi) is 6.63. The van der Waals surface area contributed by atoms with Crippen LogP contribution in [0.2, 0.25) is 0 Å². The van der Waals surface area contributed by atoms with E-state index in [4.69, 9.17) is 4.98 Å². The zero-order valence-electron chi connectivity index (χ0n) is 20.1. The van der Waals surface area contributed by atoms with Crippen molar-refractivity contribution in [3.63, 3.8) is 0 Å². The maximum absolute atomic E-state index is 12.7. The van der Waals surface area contributed by atoms with E-state index < -0.39 is 0 Å². The zero-order chi connectivity index (χ0) is 23.6. The number of piperidine rings is 1. The van der Waals surface area contributed by atoms with Crippen LogP contribution in [0.3, 0.4) is 0 Å². The first-order chi connectivity index (χ1) is 15.8. The van der Waals surface area contributed by atoms with Crippen molar-refractivity contribution in [3.05, 3.63) is 51.6 Å². The fourth-order valence-corrected chi connectivity index (χ4v) is 4.35. The number of carbonyl (C=O) groups is 1. The second kappa shape index (κ2) is 9.45. The number of fused-ring (bicyclic) bond motifs is 1. The van der Waals surface area contributed by atoms with Crippen molar-refractivity contribution in [2.24, 2.45) is 0 Å². The molecule has 0 bridgehead atoms. The van der Waals surface area contributed by atoms with Crippen LogP contribution in [-0.4, -0.2) is 48.9 Å². The molecule has 3 heterocycles. The fraction of sp³-hybridized carbons (Fsp3) is 0.560. The monoisotopic (exact) mass is 450 g/mol. The Morgan fingerprint density at radius 1 is 1.15 bits per heavy atom. The Morgan fingerprint density at radius 2 is 1.85 bits per heavy atom. The minimum atomic E-state index is -0.259. The SMILES string of the molecule is CCCCC(=O)N1CCC(c2nc3c(nnn3Cc3ccc(C(C)(C)C)cc3)c(=O)[nH]2)CC1. The maximum Gasteiger partial charge on any atom is 0.281 e. The number of nitrogens with one attached hydrogen (secondary N) is 1. The number of benzene rings is 1. The van der Waals surface area contributed by atoms with Crippen LogP contribution in [0.5, 0.6) is 0 Å². The lowest BCUT2D eigenvalue weighted by Crippen LogP contribution is -2.38. The largest absolute Gasteiger partial charge is 0.343 e. The molecular weight excluding hydrogens is 416 g/mol. The minimum Gasteiger partial charge on any atom is -0.343 e. The van der Waals surface area contributed by atoms with E-state index in [1.807, 2.05) is 4.90 Å². The highest BCUT2D eigenvalue weighted by atomic mass is 16.2. The first-order valence-corrected chi connectivity index (χ1v) is 12.0. The molecule has 0 unspecified atom stereocenters. The summed E-state index contributed by atoms with van der Waals surface area (Å²) in [4.78, 5) is 34.6. The summed E-state index contributed by atoms with van der Waals surface area (Å²) in [5, 5.41) is 8.28. The summed E-state index contributed by atoms with van der Waals surface area (Å²) in [6.45, 7) is 10.6. The predicted octanol–water partition coefficient (Wildman–Crippen LogP) is 3.76. The van der Waals surface area contributed by atoms with Crippen LogP contribution in [0, 0.1) is 0 Å². The molecule has 8 heteroatoms. The summed E-state index contributed by atoms with van der Waals surface area (Å²) >= 11 is 0. The van der Waals surface area contributed by atoms with E-state index in [0.717, 1.165) is 31.2 Å². The van der Waals surface area contributed by atoms with Crippen molar-refractivity contribution in [2.75, 3.05) is 13.1 Å². The van der Waals surface area contributed by atoms with E-state index in [0.29, 0.717) is 37.5 Å². The number of rotatable bonds is 6. The number of amides is 1. The number of hydrogen-bond donors (Lipinski definition) is 1. The quantitative estimate of drug-likeness (QED) is 0.617. The Bertz CT molecular complexity index is 1160. The van der Waals surface area contributed by atoms with E-state index >= 15 is 0 Å². The average molecular weight is 451 g/mol. The standard InChI is InChI=1S/C25H34N6O2/c1-5-6-7-20(32)30-14-12-18(13-15-30)22-26-23-21(24(33)27-22)28-29-31(23)16-17-8-10-19(11-9-17)25(2,3)4/h8-11,18H,5-7,12-16H2,1-4H3,(H,26,27,33). The molecule has 0 aliphatic carbocycles. The van der Waals surface area contributed by atoms with Gasteiger partial charge in [-0.15, -0.1) is 5.10 Å². The van der Waals surface area contributed by atoms with Gasteiger partial charge in [-0.3, -0.25) is 9.59 Å². The third kappa shape index (κ3) is 5.15. The zero-order valence-corrected chi connectivity index (χ0v) is 20.1. The van der Waals surface area contributed by atoms with Gasteiger partial charge in [0.05, 0.1) is 6.54 Å². The van der Waals surface area contributed by atoms with E-state index in [1.54, 1.807) is 4.68 Å². The lowest BCUT2D eigenvalue weighted by Gasteiger charge is -2.31. The van der Waals surface area contributed by atoms with Gasteiger partial charge in [-0.1, -0.05) is 63.6 Å². The van der Waals surface area contributed by atoms with Crippen LogP contribution in [0.25, 0.3) is 11.2 Å². The molecule has 33 heavy (non-hydrogen) atoms. The lowest BCUT2D eigenvalue weighted by molar-refractivity contribution is -0.132. The van der Waals surface area contributed by atoms with Crippen LogP contribution in [-0.2, 0) is 16.8 Å². The van der Waals surface area contributed by atoms with Gasteiger partial charge in [0.15, 0.2) is 11.2 Å². The number of H-pyrrole nitrogens is 1. The third-order valence-corrected chi connectivity index (χ3v) is 6.52. The average Bonchev–Trinajstić information content (AvgIpc) is 3.20. The van der Waals surface area contributed by atoms with E-state index in [-0.39, 0.29) is 28.3 Å². The molecule has 1 saturated heterocycles. The molecule has 0 radical (unpaired) electrons. The summed E-state index contributed by atoms with van der Waals surface area (Å²) in [6, 6.07) is 8.45. The Labute approximate surface area is 194 Å². The summed E-state index contributed by atoms with van der Waals surface area (Å²) in [5.74, 6) is 1.01. The van der Waals surface area contributed by atoms with Gasteiger partial charge in [-0.05, 0) is 35.8 Å². The molecule has 1 aliphatic heterocycles. The van der Waals surface area contributed by atoms with Gasteiger partial charge in [-0.2, -0.15) is 0 Å². The number of likely N-dealkylation sites (tertiary alicyclic amines) is 1. The van der Waals surface area contributed by atoms with Crippen LogP contribution >= 0.6 is 0 Å². The normalized spacial score (nSPS) is 15.3. The number of hydrogen-bond acceptors (Lipinski definition) is 5. The molecule has 4 rings (SSSR count). The third-order valence-electron chi connectivity index (χ3n) is 6.52. The number of unbranched alkanes of at least 4 members (excludes halogenated alkanes) is 1. The van der Waals surface area contributed by atoms with Gasteiger partial charge in [-0.25, -0.2) is 9.67 Å². The van der Waals surface area contributed by atoms with E-state index in [2.05, 4.69) is 67.3 Å². The Balaban J connectivity index is 1.51. The van der Waals surface area contributed by atoms with Crippen LogP contribution in [0.4, 0.5) is 0 Å². The smallest absolute Gasteiger partial charge is 0.281 e. The van der Waals surface area contributed by atoms with Gasteiger partial charge in [0, 0.05) is 25.4 Å². The first kappa shape index (κ1) is 23.1. The molecule has 1 aromatic carbocycles. The second-order valence-electron chi connectivity index (χ2n) is 10.1. The lowest BCUT2D eigenvalue weighted by atomic mass is 9.87. The molecule has 0 atom stereocenters. The highest BCUT2D eigenvalue weighted by Crippen LogP contribution is 2.26. The van der Waals surface area contributed by atoms with Crippen molar-refractivity contribution in [3.8, 4) is 0 Å². The van der Waals surface area contributed by atoms with Crippen molar-refractivity contribution < 1.29 is 4.79 Å². The van der Waals surface area contributed by atoms with E-state index in [1.165, 1.54) is 5.56 Å². The molecule has 1 fully saturated rings. The highest BCUT2D eigenvalue weighted by molar-refractivity contribution is 5.76. The second-order valence-corrected chi connectivity index (χ2v) is 10.1. The minimum absolute atomic E-state index is 0.0957.